The molecular weight excluding hydrogens is 456 g/mol. The van der Waals surface area contributed by atoms with Crippen LogP contribution in [0.5, 0.6) is 5.75 Å². The van der Waals surface area contributed by atoms with E-state index in [4.69, 9.17) is 18.9 Å². The van der Waals surface area contributed by atoms with E-state index in [0.717, 1.165) is 6.26 Å². The molecule has 0 saturated carbocycles. The van der Waals surface area contributed by atoms with E-state index in [1.807, 2.05) is 0 Å². The van der Waals surface area contributed by atoms with E-state index in [0.29, 0.717) is 0 Å². The molecule has 1 aromatic rings. The van der Waals surface area contributed by atoms with Gasteiger partial charge >= 0.3 is 5.97 Å². The number of carbonyl (C=O) groups is 1. The third-order valence-corrected chi connectivity index (χ3v) is 6.18. The SMILES string of the molecule is O=C(O[C@H]1C=C(CO)[C@H]2[C@@H](O[C@H]3O[C@@H](CO)[C@H](O)[C@@H](O)[C@@H]3O)OC=C[C@]12O)c1ccc(O)cc1. The monoisotopic (exact) mass is 482 g/mol. The average Bonchev–Trinajstić information content (AvgIpc) is 3.11. The van der Waals surface area contributed by atoms with E-state index in [1.54, 1.807) is 0 Å². The fourth-order valence-electron chi connectivity index (χ4n) is 4.28. The number of aromatic hydroxyl groups is 1. The Morgan fingerprint density at radius 1 is 1.03 bits per heavy atom. The molecule has 0 unspecified atom stereocenters. The van der Waals surface area contributed by atoms with Gasteiger partial charge in [0.15, 0.2) is 12.4 Å². The zero-order chi connectivity index (χ0) is 24.6. The number of hydrogen-bond donors (Lipinski definition) is 7. The summed E-state index contributed by atoms with van der Waals surface area (Å²) in [4.78, 5) is 12.6. The Kier molecular flexibility index (Phi) is 6.94. The fourth-order valence-corrected chi connectivity index (χ4v) is 4.28. The molecule has 7 N–H and O–H groups in total. The highest BCUT2D eigenvalue weighted by Crippen LogP contribution is 2.45. The summed E-state index contributed by atoms with van der Waals surface area (Å²) < 4.78 is 21.9. The van der Waals surface area contributed by atoms with Crippen molar-refractivity contribution in [2.24, 2.45) is 5.92 Å². The van der Waals surface area contributed by atoms with E-state index in [1.165, 1.54) is 36.4 Å². The molecule has 1 fully saturated rings. The predicted molar refractivity (Wildman–Crippen MR) is 110 cm³/mol. The van der Waals surface area contributed by atoms with Crippen molar-refractivity contribution in [1.82, 2.24) is 0 Å². The number of phenolic OH excluding ortho intramolecular Hbond substituents is 1. The van der Waals surface area contributed by atoms with Gasteiger partial charge in [-0.25, -0.2) is 4.79 Å². The van der Waals surface area contributed by atoms with Gasteiger partial charge in [0, 0.05) is 0 Å². The number of fused-ring (bicyclic) bond motifs is 1. The number of ether oxygens (including phenoxy) is 4. The van der Waals surface area contributed by atoms with E-state index in [-0.39, 0.29) is 16.9 Å². The van der Waals surface area contributed by atoms with Gasteiger partial charge < -0.3 is 54.7 Å². The van der Waals surface area contributed by atoms with Gasteiger partial charge in [0.05, 0.1) is 31.0 Å². The highest BCUT2D eigenvalue weighted by atomic mass is 16.8. The molecule has 2 heterocycles. The smallest absolute Gasteiger partial charge is 0.338 e. The van der Waals surface area contributed by atoms with Crippen LogP contribution in [-0.4, -0.2) is 104 Å². The minimum Gasteiger partial charge on any atom is -0.508 e. The molecule has 12 nitrogen and oxygen atoms in total. The second-order valence-electron chi connectivity index (χ2n) is 8.28. The second kappa shape index (κ2) is 9.60. The summed E-state index contributed by atoms with van der Waals surface area (Å²) in [5.41, 5.74) is -1.57. The molecule has 0 amide bonds. The third-order valence-electron chi connectivity index (χ3n) is 6.18. The van der Waals surface area contributed by atoms with Crippen molar-refractivity contribution in [1.29, 1.82) is 0 Å². The highest BCUT2D eigenvalue weighted by molar-refractivity contribution is 5.89. The summed E-state index contributed by atoms with van der Waals surface area (Å²) in [5, 5.41) is 70.3. The first-order valence-corrected chi connectivity index (χ1v) is 10.5. The summed E-state index contributed by atoms with van der Waals surface area (Å²) in [6, 6.07) is 5.29. The van der Waals surface area contributed by atoms with Crippen molar-refractivity contribution >= 4 is 5.97 Å². The molecule has 4 rings (SSSR count). The zero-order valence-corrected chi connectivity index (χ0v) is 17.7. The van der Waals surface area contributed by atoms with Crippen molar-refractivity contribution in [2.75, 3.05) is 13.2 Å². The molecule has 12 heteroatoms. The first-order valence-electron chi connectivity index (χ1n) is 10.5. The Morgan fingerprint density at radius 3 is 2.38 bits per heavy atom. The Hall–Kier alpha value is -2.55. The summed E-state index contributed by atoms with van der Waals surface area (Å²) in [7, 11) is 0. The van der Waals surface area contributed by atoms with Crippen molar-refractivity contribution in [2.45, 2.75) is 48.7 Å². The molecule has 0 spiro atoms. The molecule has 3 aliphatic rings. The van der Waals surface area contributed by atoms with Crippen molar-refractivity contribution in [3.8, 4) is 5.75 Å². The summed E-state index contributed by atoms with van der Waals surface area (Å²) >= 11 is 0. The van der Waals surface area contributed by atoms with Gasteiger partial charge in [-0.05, 0) is 42.0 Å². The number of rotatable bonds is 6. The van der Waals surface area contributed by atoms with Crippen LogP contribution >= 0.6 is 0 Å². The van der Waals surface area contributed by atoms with Crippen molar-refractivity contribution in [3.63, 3.8) is 0 Å². The molecule has 0 bridgehead atoms. The number of benzene rings is 1. The number of aliphatic hydroxyl groups excluding tert-OH is 5. The lowest BCUT2D eigenvalue weighted by Crippen LogP contribution is -2.61. The quantitative estimate of drug-likeness (QED) is 0.172. The van der Waals surface area contributed by atoms with Gasteiger partial charge in [-0.3, -0.25) is 0 Å². The van der Waals surface area contributed by atoms with Gasteiger partial charge in [0.2, 0.25) is 6.29 Å². The molecule has 1 aliphatic carbocycles. The lowest BCUT2D eigenvalue weighted by molar-refractivity contribution is -0.344. The van der Waals surface area contributed by atoms with Crippen LogP contribution in [0.3, 0.4) is 0 Å². The van der Waals surface area contributed by atoms with Crippen LogP contribution in [0.1, 0.15) is 10.4 Å². The van der Waals surface area contributed by atoms with Crippen molar-refractivity contribution < 1.29 is 59.5 Å². The van der Waals surface area contributed by atoms with E-state index >= 15 is 0 Å². The maximum atomic E-state index is 12.6. The van der Waals surface area contributed by atoms with Gasteiger partial charge in [0.25, 0.3) is 0 Å². The first kappa shape index (κ1) is 24.6. The fraction of sp³-hybridized carbons (Fsp3) is 0.500. The summed E-state index contributed by atoms with van der Waals surface area (Å²) in [6.07, 6.45) is -6.71. The van der Waals surface area contributed by atoms with Crippen LogP contribution in [0, 0.1) is 5.92 Å². The van der Waals surface area contributed by atoms with Gasteiger partial charge in [-0.15, -0.1) is 0 Å². The average molecular weight is 482 g/mol. The number of carbonyl (C=O) groups excluding carboxylic acids is 1. The van der Waals surface area contributed by atoms with Crippen LogP contribution < -0.4 is 0 Å². The minimum absolute atomic E-state index is 0.0425. The number of phenols is 1. The van der Waals surface area contributed by atoms with Crippen LogP contribution in [0.15, 0.2) is 48.3 Å². The Balaban J connectivity index is 1.54. The van der Waals surface area contributed by atoms with E-state index < -0.39 is 73.8 Å². The van der Waals surface area contributed by atoms with Gasteiger partial charge in [-0.1, -0.05) is 0 Å². The molecule has 1 saturated heterocycles. The molecule has 9 atom stereocenters. The molecule has 186 valence electrons. The highest BCUT2D eigenvalue weighted by Gasteiger charge is 2.57. The third kappa shape index (κ3) is 4.30. The molecule has 1 aromatic carbocycles. The normalized spacial score (nSPS) is 39.2. The summed E-state index contributed by atoms with van der Waals surface area (Å²) in [5.74, 6) is -1.94. The maximum Gasteiger partial charge on any atom is 0.338 e. The Morgan fingerprint density at radius 2 is 1.74 bits per heavy atom. The molecule has 2 aliphatic heterocycles. The largest absolute Gasteiger partial charge is 0.508 e. The maximum absolute atomic E-state index is 12.6. The Bertz CT molecular complexity index is 944. The number of hydrogen-bond acceptors (Lipinski definition) is 12. The lowest BCUT2D eigenvalue weighted by Gasteiger charge is -2.44. The van der Waals surface area contributed by atoms with Crippen molar-refractivity contribution in [3.05, 3.63) is 53.8 Å². The predicted octanol–water partition coefficient (Wildman–Crippen LogP) is -2.12. The van der Waals surface area contributed by atoms with Crippen LogP contribution in [0.2, 0.25) is 0 Å². The molecular formula is C22H26O12. The van der Waals surface area contributed by atoms with Crippen LogP contribution in [0.25, 0.3) is 0 Å². The lowest BCUT2D eigenvalue weighted by atomic mass is 9.83. The topological polar surface area (TPSA) is 196 Å². The van der Waals surface area contributed by atoms with Gasteiger partial charge in [-0.2, -0.15) is 0 Å². The zero-order valence-electron chi connectivity index (χ0n) is 17.7. The van der Waals surface area contributed by atoms with E-state index in [2.05, 4.69) is 0 Å². The summed E-state index contributed by atoms with van der Waals surface area (Å²) in [6.45, 7) is -1.22. The second-order valence-corrected chi connectivity index (χ2v) is 8.28. The number of esters is 1. The standard InChI is InChI=1S/C22H26O12/c23-8-11-7-14(33-19(29)10-1-3-12(25)4-2-10)22(30)5-6-31-20(15(11)22)34-21-18(28)17(27)16(26)13(9-24)32-21/h1-7,13-18,20-21,23-28,30H,8-9H2/t13-,14-,15-,16-,17+,18-,20+,21+,22-/m0/s1. The molecule has 0 radical (unpaired) electrons. The van der Waals surface area contributed by atoms with Crippen LogP contribution in [0.4, 0.5) is 0 Å². The Labute approximate surface area is 193 Å². The van der Waals surface area contributed by atoms with Crippen LogP contribution in [-0.2, 0) is 18.9 Å². The minimum atomic E-state index is -1.90. The molecule has 0 aromatic heterocycles. The first-order chi connectivity index (χ1) is 16.2. The number of aliphatic hydroxyl groups is 6. The molecule has 34 heavy (non-hydrogen) atoms. The van der Waals surface area contributed by atoms with Gasteiger partial charge in [0.1, 0.15) is 35.8 Å². The van der Waals surface area contributed by atoms with E-state index in [9.17, 15) is 40.5 Å².